The molecular formula is C4H2ClNO3. The highest BCUT2D eigenvalue weighted by Gasteiger charge is 2.08. The van der Waals surface area contributed by atoms with Crippen molar-refractivity contribution in [1.29, 1.82) is 0 Å². The van der Waals surface area contributed by atoms with Crippen molar-refractivity contribution in [3.8, 4) is 0 Å². The van der Waals surface area contributed by atoms with Crippen molar-refractivity contribution in [2.45, 2.75) is 0 Å². The zero-order valence-electron chi connectivity index (χ0n) is 4.17. The molecule has 1 N–H and O–H groups in total. The van der Waals surface area contributed by atoms with Gasteiger partial charge in [0.05, 0.1) is 0 Å². The van der Waals surface area contributed by atoms with Crippen LogP contribution >= 0.6 is 11.6 Å². The van der Waals surface area contributed by atoms with Crippen molar-refractivity contribution in [3.63, 3.8) is 0 Å². The van der Waals surface area contributed by atoms with Crippen molar-refractivity contribution in [1.82, 2.24) is 4.98 Å². The minimum Gasteiger partial charge on any atom is -0.474 e. The predicted octanol–water partition coefficient (Wildman–Crippen LogP) is 1.03. The van der Waals surface area contributed by atoms with Crippen molar-refractivity contribution < 1.29 is 14.3 Å². The van der Waals surface area contributed by atoms with E-state index in [0.717, 1.165) is 6.26 Å². The highest BCUT2D eigenvalue weighted by molar-refractivity contribution is 6.29. The molecule has 0 atom stereocenters. The lowest BCUT2D eigenvalue weighted by Gasteiger charge is -1.77. The van der Waals surface area contributed by atoms with E-state index < -0.39 is 5.97 Å². The van der Waals surface area contributed by atoms with Gasteiger partial charge in [0, 0.05) is 0 Å². The van der Waals surface area contributed by atoms with Crippen LogP contribution in [0.15, 0.2) is 10.7 Å². The van der Waals surface area contributed by atoms with E-state index in [4.69, 9.17) is 16.7 Å². The Morgan fingerprint density at radius 2 is 2.56 bits per heavy atom. The minimum atomic E-state index is -1.22. The quantitative estimate of drug-likeness (QED) is 0.644. The van der Waals surface area contributed by atoms with E-state index in [1.54, 1.807) is 0 Å². The molecule has 1 aromatic heterocycles. The van der Waals surface area contributed by atoms with E-state index in [0.29, 0.717) is 0 Å². The Labute approximate surface area is 55.1 Å². The molecule has 0 unspecified atom stereocenters. The molecular weight excluding hydrogens is 146 g/mol. The Hall–Kier alpha value is -1.03. The Morgan fingerprint density at radius 3 is 2.78 bits per heavy atom. The van der Waals surface area contributed by atoms with Crippen LogP contribution in [-0.4, -0.2) is 16.1 Å². The van der Waals surface area contributed by atoms with Crippen LogP contribution in [0.2, 0.25) is 5.15 Å². The largest absolute Gasteiger partial charge is 0.474 e. The maximum atomic E-state index is 10.00. The average molecular weight is 148 g/mol. The number of halogens is 1. The fourth-order valence-electron chi connectivity index (χ4n) is 0.352. The van der Waals surface area contributed by atoms with E-state index >= 15 is 0 Å². The third kappa shape index (κ3) is 1.20. The number of hydrogen-bond donors (Lipinski definition) is 1. The molecule has 0 radical (unpaired) electrons. The van der Waals surface area contributed by atoms with Crippen molar-refractivity contribution in [3.05, 3.63) is 17.3 Å². The van der Waals surface area contributed by atoms with Crippen LogP contribution in [-0.2, 0) is 0 Å². The summed E-state index contributed by atoms with van der Waals surface area (Å²) in [7, 11) is 0. The van der Waals surface area contributed by atoms with Crippen molar-refractivity contribution in [2.24, 2.45) is 0 Å². The SMILES string of the molecule is O=C(O)c1nc(Cl)co1. The molecule has 48 valence electrons. The number of hydrogen-bond acceptors (Lipinski definition) is 3. The lowest BCUT2D eigenvalue weighted by Crippen LogP contribution is -1.94. The minimum absolute atomic E-state index is 0.0485. The standard InChI is InChI=1S/C4H2ClNO3/c5-2-1-9-3(6-2)4(7)8/h1H,(H,7,8). The van der Waals surface area contributed by atoms with Gasteiger partial charge in [-0.15, -0.1) is 0 Å². The first-order valence-corrected chi connectivity index (χ1v) is 2.42. The van der Waals surface area contributed by atoms with Gasteiger partial charge in [0.25, 0.3) is 0 Å². The second kappa shape index (κ2) is 2.06. The van der Waals surface area contributed by atoms with Gasteiger partial charge in [0.1, 0.15) is 6.26 Å². The first kappa shape index (κ1) is 6.10. The topological polar surface area (TPSA) is 63.3 Å². The van der Waals surface area contributed by atoms with Gasteiger partial charge >= 0.3 is 11.9 Å². The molecule has 1 rings (SSSR count). The lowest BCUT2D eigenvalue weighted by atomic mass is 10.7. The first-order valence-electron chi connectivity index (χ1n) is 2.04. The maximum absolute atomic E-state index is 10.00. The third-order valence-corrected chi connectivity index (χ3v) is 0.833. The zero-order chi connectivity index (χ0) is 6.85. The summed E-state index contributed by atoms with van der Waals surface area (Å²) in [6.45, 7) is 0. The van der Waals surface area contributed by atoms with E-state index in [-0.39, 0.29) is 11.0 Å². The van der Waals surface area contributed by atoms with Crippen LogP contribution in [0.5, 0.6) is 0 Å². The van der Waals surface area contributed by atoms with E-state index in [9.17, 15) is 4.79 Å². The van der Waals surface area contributed by atoms with Gasteiger partial charge in [0.2, 0.25) is 0 Å². The maximum Gasteiger partial charge on any atom is 0.392 e. The Bertz CT molecular complexity index is 231. The molecule has 0 saturated carbocycles. The number of carboxylic acid groups (broad SMARTS) is 1. The smallest absolute Gasteiger partial charge is 0.392 e. The van der Waals surface area contributed by atoms with Gasteiger partial charge in [-0.25, -0.2) is 4.79 Å². The molecule has 1 heterocycles. The van der Waals surface area contributed by atoms with Crippen LogP contribution in [0.25, 0.3) is 0 Å². The number of aromatic nitrogens is 1. The molecule has 0 saturated heterocycles. The molecule has 0 aliphatic heterocycles. The molecule has 0 fully saturated rings. The first-order chi connectivity index (χ1) is 4.20. The molecule has 0 bridgehead atoms. The number of aromatic carboxylic acids is 1. The van der Waals surface area contributed by atoms with Crippen LogP contribution < -0.4 is 0 Å². The highest BCUT2D eigenvalue weighted by Crippen LogP contribution is 2.06. The van der Waals surface area contributed by atoms with Gasteiger partial charge in [-0.05, 0) is 0 Å². The Balaban J connectivity index is 2.98. The van der Waals surface area contributed by atoms with E-state index in [1.807, 2.05) is 0 Å². The van der Waals surface area contributed by atoms with Crippen LogP contribution in [0, 0.1) is 0 Å². The molecule has 4 nitrogen and oxygen atoms in total. The molecule has 0 aliphatic carbocycles. The summed E-state index contributed by atoms with van der Waals surface area (Å²) in [6, 6.07) is 0. The molecule has 0 amide bonds. The fourth-order valence-corrected chi connectivity index (χ4v) is 0.474. The monoisotopic (exact) mass is 147 g/mol. The summed E-state index contributed by atoms with van der Waals surface area (Å²) in [5, 5.41) is 8.23. The van der Waals surface area contributed by atoms with Gasteiger partial charge < -0.3 is 9.52 Å². The van der Waals surface area contributed by atoms with Crippen molar-refractivity contribution >= 4 is 17.6 Å². The predicted molar refractivity (Wildman–Crippen MR) is 28.5 cm³/mol. The molecule has 0 aliphatic rings. The molecule has 9 heavy (non-hydrogen) atoms. The normalized spacial score (nSPS) is 9.44. The van der Waals surface area contributed by atoms with Crippen LogP contribution in [0.1, 0.15) is 10.7 Å². The van der Waals surface area contributed by atoms with Gasteiger partial charge in [-0.1, -0.05) is 11.6 Å². The number of oxazole rings is 1. The van der Waals surface area contributed by atoms with Crippen LogP contribution in [0.3, 0.4) is 0 Å². The summed E-state index contributed by atoms with van der Waals surface area (Å²) in [5.41, 5.74) is 0. The summed E-state index contributed by atoms with van der Waals surface area (Å²) in [6.07, 6.45) is 1.06. The summed E-state index contributed by atoms with van der Waals surface area (Å²) in [4.78, 5) is 13.3. The third-order valence-electron chi connectivity index (χ3n) is 0.659. The number of nitrogens with zero attached hydrogens (tertiary/aromatic N) is 1. The second-order valence-electron chi connectivity index (χ2n) is 1.28. The summed E-state index contributed by atoms with van der Waals surface area (Å²) < 4.78 is 4.38. The molecule has 5 heteroatoms. The molecule has 1 aromatic rings. The number of rotatable bonds is 1. The number of carbonyl (C=O) groups is 1. The Kier molecular flexibility index (Phi) is 1.40. The van der Waals surface area contributed by atoms with Crippen molar-refractivity contribution in [2.75, 3.05) is 0 Å². The fraction of sp³-hybridized carbons (Fsp3) is 0. The average Bonchev–Trinajstić information content (AvgIpc) is 2.14. The van der Waals surface area contributed by atoms with E-state index in [2.05, 4.69) is 9.40 Å². The Morgan fingerprint density at radius 1 is 1.89 bits per heavy atom. The molecule has 0 spiro atoms. The lowest BCUT2D eigenvalue weighted by molar-refractivity contribution is 0.0653. The summed E-state index contributed by atoms with van der Waals surface area (Å²) in [5.74, 6) is -1.61. The molecule has 0 aromatic carbocycles. The van der Waals surface area contributed by atoms with E-state index in [1.165, 1.54) is 0 Å². The second-order valence-corrected chi connectivity index (χ2v) is 1.67. The van der Waals surface area contributed by atoms with Gasteiger partial charge in [0.15, 0.2) is 5.15 Å². The van der Waals surface area contributed by atoms with Gasteiger partial charge in [-0.2, -0.15) is 4.98 Å². The highest BCUT2D eigenvalue weighted by atomic mass is 35.5. The summed E-state index contributed by atoms with van der Waals surface area (Å²) >= 11 is 5.24. The van der Waals surface area contributed by atoms with Gasteiger partial charge in [-0.3, -0.25) is 0 Å². The zero-order valence-corrected chi connectivity index (χ0v) is 4.92. The van der Waals surface area contributed by atoms with Crippen LogP contribution in [0.4, 0.5) is 0 Å². The number of carboxylic acids is 1.